The number of carbonyl (C=O) groups excluding carboxylic acids is 1. The van der Waals surface area contributed by atoms with Crippen molar-refractivity contribution in [2.75, 3.05) is 5.32 Å². The van der Waals surface area contributed by atoms with Crippen LogP contribution in [0.5, 0.6) is 0 Å². The highest BCUT2D eigenvalue weighted by Gasteiger charge is 2.37. The molecule has 0 aliphatic carbocycles. The molecule has 0 radical (unpaired) electrons. The summed E-state index contributed by atoms with van der Waals surface area (Å²) in [5.41, 5.74) is -3.71. The normalized spacial score (nSPS) is 12.6. The highest BCUT2D eigenvalue weighted by molar-refractivity contribution is 6.24. The third-order valence-corrected chi connectivity index (χ3v) is 4.63. The Morgan fingerprint density at radius 3 is 2.14 bits per heavy atom. The van der Waals surface area contributed by atoms with Crippen molar-refractivity contribution >= 4 is 23.4 Å². The molecule has 0 atom stereocenters. The van der Waals surface area contributed by atoms with Crippen molar-refractivity contribution in [1.82, 2.24) is 20.2 Å². The van der Waals surface area contributed by atoms with Crippen LogP contribution < -0.4 is 5.32 Å². The molecule has 0 saturated carbocycles. The Labute approximate surface area is 192 Å². The van der Waals surface area contributed by atoms with Gasteiger partial charge >= 0.3 is 12.4 Å². The Kier molecular flexibility index (Phi) is 6.16. The van der Waals surface area contributed by atoms with Crippen molar-refractivity contribution in [3.8, 4) is 11.4 Å². The lowest BCUT2D eigenvalue weighted by molar-refractivity contribution is -0.143. The van der Waals surface area contributed by atoms with E-state index in [2.05, 4.69) is 20.8 Å². The summed E-state index contributed by atoms with van der Waals surface area (Å²) in [7, 11) is 0. The van der Waals surface area contributed by atoms with Crippen LogP contribution in [0.2, 0.25) is 0 Å². The standard InChI is InChI=1S/C22H13F6N5O2/c23-21(24,25)14-9-15(22(26,27)28)11-16(10-14)29-20(34)18(12-17-7-4-8-35-17)33-19(30-31-32-33)13-5-2-1-3-6-13/h1-12H,(H,29,34)/b18-12-. The SMILES string of the molecule is O=C(Nc1cc(C(F)(F)F)cc(C(F)(F)F)c1)/C(=C/c1ccco1)n1nnnc1-c1ccccc1. The lowest BCUT2D eigenvalue weighted by Crippen LogP contribution is -2.20. The predicted octanol–water partition coefficient (Wildman–Crippen LogP) is 5.61. The summed E-state index contributed by atoms with van der Waals surface area (Å²) in [6.45, 7) is 0. The van der Waals surface area contributed by atoms with Crippen LogP contribution in [0.4, 0.5) is 32.0 Å². The molecule has 180 valence electrons. The Balaban J connectivity index is 1.78. The number of nitrogens with one attached hydrogen (secondary N) is 1. The summed E-state index contributed by atoms with van der Waals surface area (Å²) in [5.74, 6) is -0.832. The van der Waals surface area contributed by atoms with Crippen LogP contribution in [-0.4, -0.2) is 26.1 Å². The molecule has 2 heterocycles. The van der Waals surface area contributed by atoms with Gasteiger partial charge in [0.1, 0.15) is 11.5 Å². The number of benzene rings is 2. The van der Waals surface area contributed by atoms with E-state index in [1.54, 1.807) is 30.3 Å². The highest BCUT2D eigenvalue weighted by atomic mass is 19.4. The first-order chi connectivity index (χ1) is 16.5. The van der Waals surface area contributed by atoms with Gasteiger partial charge in [-0.3, -0.25) is 4.79 Å². The van der Waals surface area contributed by atoms with Gasteiger partial charge in [-0.15, -0.1) is 5.10 Å². The zero-order valence-electron chi connectivity index (χ0n) is 17.3. The number of anilines is 1. The van der Waals surface area contributed by atoms with Gasteiger partial charge in [-0.25, -0.2) is 0 Å². The van der Waals surface area contributed by atoms with Crippen LogP contribution in [0.1, 0.15) is 16.9 Å². The molecule has 0 aliphatic heterocycles. The zero-order chi connectivity index (χ0) is 25.2. The smallest absolute Gasteiger partial charge is 0.416 e. The van der Waals surface area contributed by atoms with E-state index in [0.717, 1.165) is 4.68 Å². The lowest BCUT2D eigenvalue weighted by atomic mass is 10.1. The molecule has 7 nitrogen and oxygen atoms in total. The second-order valence-electron chi connectivity index (χ2n) is 7.07. The van der Waals surface area contributed by atoms with Crippen LogP contribution in [0.3, 0.4) is 0 Å². The van der Waals surface area contributed by atoms with Crippen molar-refractivity contribution in [3.63, 3.8) is 0 Å². The van der Waals surface area contributed by atoms with Crippen molar-refractivity contribution in [2.24, 2.45) is 0 Å². The number of alkyl halides is 6. The molecule has 1 amide bonds. The molecule has 2 aromatic carbocycles. The molecule has 4 aromatic rings. The molecule has 0 bridgehead atoms. The second kappa shape index (κ2) is 9.08. The average molecular weight is 493 g/mol. The van der Waals surface area contributed by atoms with Gasteiger partial charge in [-0.05, 0) is 40.8 Å². The van der Waals surface area contributed by atoms with Crippen LogP contribution in [-0.2, 0) is 17.1 Å². The van der Waals surface area contributed by atoms with E-state index in [0.29, 0.717) is 17.7 Å². The van der Waals surface area contributed by atoms with Crippen molar-refractivity contribution < 1.29 is 35.6 Å². The minimum atomic E-state index is -5.08. The molecule has 0 unspecified atom stereocenters. The maximum Gasteiger partial charge on any atom is 0.416 e. The molecule has 1 N–H and O–H groups in total. The van der Waals surface area contributed by atoms with E-state index in [1.807, 2.05) is 0 Å². The Morgan fingerprint density at radius 2 is 1.57 bits per heavy atom. The quantitative estimate of drug-likeness (QED) is 0.289. The maximum absolute atomic E-state index is 13.2. The fourth-order valence-electron chi connectivity index (χ4n) is 3.07. The van der Waals surface area contributed by atoms with Crippen molar-refractivity contribution in [2.45, 2.75) is 12.4 Å². The molecule has 4 rings (SSSR count). The van der Waals surface area contributed by atoms with Crippen LogP contribution in [0.25, 0.3) is 23.2 Å². The summed E-state index contributed by atoms with van der Waals surface area (Å²) in [4.78, 5) is 13.1. The Morgan fingerprint density at radius 1 is 0.914 bits per heavy atom. The van der Waals surface area contributed by atoms with Crippen LogP contribution >= 0.6 is 0 Å². The third kappa shape index (κ3) is 5.39. The summed E-state index contributed by atoms with van der Waals surface area (Å²) in [6.07, 6.45) is -7.66. The number of tetrazole rings is 1. The fraction of sp³-hybridized carbons (Fsp3) is 0.0909. The third-order valence-electron chi connectivity index (χ3n) is 4.63. The largest absolute Gasteiger partial charge is 0.465 e. The number of nitrogens with zero attached hydrogens (tertiary/aromatic N) is 4. The second-order valence-corrected chi connectivity index (χ2v) is 7.07. The van der Waals surface area contributed by atoms with Crippen LogP contribution in [0, 0.1) is 0 Å². The topological polar surface area (TPSA) is 85.8 Å². The highest BCUT2D eigenvalue weighted by Crippen LogP contribution is 2.37. The summed E-state index contributed by atoms with van der Waals surface area (Å²) in [6, 6.07) is 12.1. The van der Waals surface area contributed by atoms with Gasteiger partial charge in [0.25, 0.3) is 5.91 Å². The summed E-state index contributed by atoms with van der Waals surface area (Å²) >= 11 is 0. The van der Waals surface area contributed by atoms with Gasteiger partial charge in [-0.2, -0.15) is 31.0 Å². The molecular formula is C22H13F6N5O2. The van der Waals surface area contributed by atoms with Gasteiger partial charge in [0, 0.05) is 17.3 Å². The summed E-state index contributed by atoms with van der Waals surface area (Å²) in [5, 5.41) is 13.3. The van der Waals surface area contributed by atoms with Gasteiger partial charge in [0.05, 0.1) is 17.4 Å². The number of amides is 1. The first-order valence-corrected chi connectivity index (χ1v) is 9.72. The molecule has 13 heteroatoms. The molecule has 0 fully saturated rings. The number of hydrogen-bond acceptors (Lipinski definition) is 5. The van der Waals surface area contributed by atoms with E-state index in [9.17, 15) is 31.1 Å². The monoisotopic (exact) mass is 493 g/mol. The van der Waals surface area contributed by atoms with Gasteiger partial charge in [-0.1, -0.05) is 30.3 Å². The number of hydrogen-bond donors (Lipinski definition) is 1. The summed E-state index contributed by atoms with van der Waals surface area (Å²) < 4.78 is 85.5. The van der Waals surface area contributed by atoms with E-state index in [4.69, 9.17) is 4.42 Å². The fourth-order valence-corrected chi connectivity index (χ4v) is 3.07. The maximum atomic E-state index is 13.2. The first kappa shape index (κ1) is 23.7. The number of rotatable bonds is 5. The predicted molar refractivity (Wildman–Crippen MR) is 111 cm³/mol. The van der Waals surface area contributed by atoms with Crippen LogP contribution in [0.15, 0.2) is 71.3 Å². The lowest BCUT2D eigenvalue weighted by Gasteiger charge is -2.15. The molecule has 0 aliphatic rings. The van der Waals surface area contributed by atoms with Crippen molar-refractivity contribution in [3.05, 3.63) is 83.8 Å². The number of furan rings is 1. The Hall–Kier alpha value is -4.42. The molecular weight excluding hydrogens is 480 g/mol. The average Bonchev–Trinajstić information content (AvgIpc) is 3.48. The first-order valence-electron chi connectivity index (χ1n) is 9.72. The zero-order valence-corrected chi connectivity index (χ0v) is 17.3. The number of halogens is 6. The Bertz CT molecular complexity index is 1330. The molecule has 0 saturated heterocycles. The minimum absolute atomic E-state index is 0.0376. The van der Waals surface area contributed by atoms with Gasteiger partial charge < -0.3 is 9.73 Å². The van der Waals surface area contributed by atoms with Gasteiger partial charge in [0.15, 0.2) is 5.82 Å². The minimum Gasteiger partial charge on any atom is -0.465 e. The van der Waals surface area contributed by atoms with E-state index < -0.39 is 35.1 Å². The number of aromatic nitrogens is 4. The van der Waals surface area contributed by atoms with E-state index in [-0.39, 0.29) is 23.3 Å². The molecule has 35 heavy (non-hydrogen) atoms. The molecule has 0 spiro atoms. The number of carbonyl (C=O) groups is 1. The van der Waals surface area contributed by atoms with Gasteiger partial charge in [0.2, 0.25) is 0 Å². The van der Waals surface area contributed by atoms with E-state index >= 15 is 0 Å². The van der Waals surface area contributed by atoms with E-state index in [1.165, 1.54) is 24.5 Å². The van der Waals surface area contributed by atoms with Crippen molar-refractivity contribution in [1.29, 1.82) is 0 Å². The molecule has 2 aromatic heterocycles.